The van der Waals surface area contributed by atoms with Crippen LogP contribution in [-0.2, 0) is 4.79 Å². The van der Waals surface area contributed by atoms with E-state index in [4.69, 9.17) is 16.3 Å². The van der Waals surface area contributed by atoms with Crippen LogP contribution in [0.1, 0.15) is 16.8 Å². The zero-order valence-electron chi connectivity index (χ0n) is 13.0. The molecule has 1 heterocycles. The minimum atomic E-state index is -0.660. The Morgan fingerprint density at radius 1 is 1.25 bits per heavy atom. The normalized spacial score (nSPS) is 10.8. The number of halogens is 1. The molecule has 0 bridgehead atoms. The van der Waals surface area contributed by atoms with E-state index >= 15 is 0 Å². The highest BCUT2D eigenvalue weighted by Crippen LogP contribution is 2.25. The lowest BCUT2D eigenvalue weighted by molar-refractivity contribution is -0.123. The average molecular weight is 351 g/mol. The van der Waals surface area contributed by atoms with Crippen LogP contribution in [0.25, 0.3) is 0 Å². The van der Waals surface area contributed by atoms with Crippen LogP contribution >= 0.6 is 11.6 Å². The quantitative estimate of drug-likeness (QED) is 0.547. The molecule has 0 radical (unpaired) electrons. The van der Waals surface area contributed by atoms with Gasteiger partial charge in [-0.15, -0.1) is 0 Å². The fraction of sp³-hybridized carbons (Fsp3) is 0.200. The Morgan fingerprint density at radius 3 is 2.54 bits per heavy atom. The summed E-state index contributed by atoms with van der Waals surface area (Å²) in [6.45, 7) is 3.44. The van der Waals surface area contributed by atoms with Gasteiger partial charge in [-0.1, -0.05) is 11.6 Å². The number of benzene rings is 1. The van der Waals surface area contributed by atoms with E-state index < -0.39 is 17.2 Å². The summed E-state index contributed by atoms with van der Waals surface area (Å²) in [5, 5.41) is 4.29. The first-order valence-electron chi connectivity index (χ1n) is 6.90. The number of aryl methyl sites for hydroxylation is 2. The van der Waals surface area contributed by atoms with Gasteiger partial charge in [-0.05, 0) is 37.1 Å². The molecule has 2 rings (SSSR count). The van der Waals surface area contributed by atoms with Crippen LogP contribution in [0.4, 0.5) is 0 Å². The number of nitrogens with one attached hydrogen (secondary N) is 3. The molecule has 0 fully saturated rings. The highest BCUT2D eigenvalue weighted by atomic mass is 35.5. The molecular formula is C15H15ClN4O4. The molecular weight excluding hydrogens is 336 g/mol. The standard InChI is InChI=1S/C15H15ClN4O4/c1-8-3-11(4-9(2)14(8)16)24-7-13(22)20-17-6-10-5-12(21)19-15(23)18-10/h3-6H,7H2,1-2H3,(H,20,22)(H2,18,19,21,23). The van der Waals surface area contributed by atoms with E-state index in [9.17, 15) is 14.4 Å². The Labute approximate surface area is 141 Å². The summed E-state index contributed by atoms with van der Waals surface area (Å²) in [4.78, 5) is 38.2. The van der Waals surface area contributed by atoms with E-state index in [1.54, 1.807) is 12.1 Å². The van der Waals surface area contributed by atoms with Gasteiger partial charge in [-0.2, -0.15) is 5.10 Å². The maximum absolute atomic E-state index is 11.7. The van der Waals surface area contributed by atoms with Gasteiger partial charge in [0, 0.05) is 11.1 Å². The Bertz CT molecular complexity index is 850. The first-order chi connectivity index (χ1) is 11.3. The van der Waals surface area contributed by atoms with Crippen LogP contribution in [0.15, 0.2) is 32.9 Å². The van der Waals surface area contributed by atoms with Crippen LogP contribution < -0.4 is 21.4 Å². The van der Waals surface area contributed by atoms with E-state index in [-0.39, 0.29) is 12.3 Å². The minimum Gasteiger partial charge on any atom is -0.484 e. The van der Waals surface area contributed by atoms with E-state index in [1.165, 1.54) is 0 Å². The number of carbonyl (C=O) groups is 1. The molecule has 24 heavy (non-hydrogen) atoms. The van der Waals surface area contributed by atoms with Crippen LogP contribution in [0.3, 0.4) is 0 Å². The lowest BCUT2D eigenvalue weighted by Crippen LogP contribution is -2.26. The number of rotatable bonds is 5. The van der Waals surface area contributed by atoms with Crippen molar-refractivity contribution in [3.05, 3.63) is 60.9 Å². The van der Waals surface area contributed by atoms with Crippen molar-refractivity contribution < 1.29 is 9.53 Å². The largest absolute Gasteiger partial charge is 0.484 e. The van der Waals surface area contributed by atoms with Crippen molar-refractivity contribution in [3.8, 4) is 5.75 Å². The first kappa shape index (κ1) is 17.5. The zero-order valence-corrected chi connectivity index (χ0v) is 13.7. The number of hydrogen-bond donors (Lipinski definition) is 3. The minimum absolute atomic E-state index is 0.161. The Kier molecular flexibility index (Phi) is 5.54. The Hall–Kier alpha value is -2.87. The second-order valence-corrected chi connectivity index (χ2v) is 5.37. The molecule has 1 amide bonds. The molecule has 1 aromatic heterocycles. The number of hydrogen-bond acceptors (Lipinski definition) is 5. The van der Waals surface area contributed by atoms with Crippen molar-refractivity contribution in [1.29, 1.82) is 0 Å². The molecule has 0 saturated heterocycles. The summed E-state index contributed by atoms with van der Waals surface area (Å²) in [7, 11) is 0. The summed E-state index contributed by atoms with van der Waals surface area (Å²) in [5.41, 5.74) is 2.86. The van der Waals surface area contributed by atoms with Gasteiger partial charge in [0.1, 0.15) is 5.75 Å². The van der Waals surface area contributed by atoms with Gasteiger partial charge in [-0.3, -0.25) is 14.6 Å². The fourth-order valence-electron chi connectivity index (χ4n) is 1.90. The summed E-state index contributed by atoms with van der Waals surface area (Å²) < 4.78 is 5.37. The molecule has 0 aliphatic heterocycles. The third kappa shape index (κ3) is 4.82. The smallest absolute Gasteiger partial charge is 0.326 e. The van der Waals surface area contributed by atoms with Gasteiger partial charge in [0.2, 0.25) is 0 Å². The highest BCUT2D eigenvalue weighted by Gasteiger charge is 2.06. The predicted octanol–water partition coefficient (Wildman–Crippen LogP) is 0.863. The number of ether oxygens (including phenoxy) is 1. The summed E-state index contributed by atoms with van der Waals surface area (Å²) in [5.74, 6) is 0.0242. The van der Waals surface area contributed by atoms with Crippen molar-refractivity contribution in [2.45, 2.75) is 13.8 Å². The molecule has 0 aliphatic carbocycles. The zero-order chi connectivity index (χ0) is 17.7. The third-order valence-corrected chi connectivity index (χ3v) is 3.55. The van der Waals surface area contributed by atoms with Crippen molar-refractivity contribution in [3.63, 3.8) is 0 Å². The maximum atomic E-state index is 11.7. The Morgan fingerprint density at radius 2 is 1.92 bits per heavy atom. The molecule has 2 aromatic rings. The number of H-pyrrole nitrogens is 2. The van der Waals surface area contributed by atoms with Crippen molar-refractivity contribution in [2.24, 2.45) is 5.10 Å². The lowest BCUT2D eigenvalue weighted by atomic mass is 10.1. The van der Waals surface area contributed by atoms with E-state index in [1.807, 2.05) is 18.8 Å². The number of amides is 1. The van der Waals surface area contributed by atoms with Crippen LogP contribution in [0.5, 0.6) is 5.75 Å². The van der Waals surface area contributed by atoms with Crippen molar-refractivity contribution in [2.75, 3.05) is 6.61 Å². The van der Waals surface area contributed by atoms with E-state index in [2.05, 4.69) is 15.5 Å². The van der Waals surface area contributed by atoms with Gasteiger partial charge in [0.15, 0.2) is 6.61 Å². The molecule has 0 spiro atoms. The molecule has 0 aliphatic rings. The van der Waals surface area contributed by atoms with Gasteiger partial charge in [0.05, 0.1) is 11.9 Å². The number of aromatic amines is 2. The SMILES string of the molecule is Cc1cc(OCC(=O)NN=Cc2cc(=O)[nH]c(=O)[nH]2)cc(C)c1Cl. The number of nitrogens with zero attached hydrogens (tertiary/aromatic N) is 1. The number of aromatic nitrogens is 2. The van der Waals surface area contributed by atoms with Crippen LogP contribution in [0, 0.1) is 13.8 Å². The topological polar surface area (TPSA) is 116 Å². The molecule has 0 atom stereocenters. The number of carbonyl (C=O) groups excluding carboxylic acids is 1. The molecule has 0 unspecified atom stereocenters. The third-order valence-electron chi connectivity index (χ3n) is 2.95. The molecule has 126 valence electrons. The van der Waals surface area contributed by atoms with Gasteiger partial charge >= 0.3 is 5.69 Å². The van der Waals surface area contributed by atoms with Crippen LogP contribution in [0.2, 0.25) is 5.02 Å². The van der Waals surface area contributed by atoms with Crippen LogP contribution in [-0.4, -0.2) is 28.7 Å². The number of hydrazone groups is 1. The second kappa shape index (κ2) is 7.60. The Balaban J connectivity index is 1.91. The second-order valence-electron chi connectivity index (χ2n) is 5.00. The average Bonchev–Trinajstić information content (AvgIpc) is 2.49. The van der Waals surface area contributed by atoms with Crippen molar-refractivity contribution >= 4 is 23.7 Å². The summed E-state index contributed by atoms with van der Waals surface area (Å²) >= 11 is 6.06. The first-order valence-corrected chi connectivity index (χ1v) is 7.28. The van der Waals surface area contributed by atoms with Gasteiger partial charge < -0.3 is 9.72 Å². The highest BCUT2D eigenvalue weighted by molar-refractivity contribution is 6.32. The maximum Gasteiger partial charge on any atom is 0.326 e. The molecule has 9 heteroatoms. The molecule has 8 nitrogen and oxygen atoms in total. The fourth-order valence-corrected chi connectivity index (χ4v) is 2.01. The molecule has 0 saturated carbocycles. The summed E-state index contributed by atoms with van der Waals surface area (Å²) in [6.07, 6.45) is 1.14. The predicted molar refractivity (Wildman–Crippen MR) is 89.8 cm³/mol. The molecule has 3 N–H and O–H groups in total. The van der Waals surface area contributed by atoms with E-state index in [0.29, 0.717) is 10.8 Å². The molecule has 1 aromatic carbocycles. The van der Waals surface area contributed by atoms with Gasteiger partial charge in [-0.25, -0.2) is 10.2 Å². The lowest BCUT2D eigenvalue weighted by Gasteiger charge is -2.09. The monoisotopic (exact) mass is 350 g/mol. The summed E-state index contributed by atoms with van der Waals surface area (Å²) in [6, 6.07) is 4.59. The van der Waals surface area contributed by atoms with Gasteiger partial charge in [0.25, 0.3) is 11.5 Å². The van der Waals surface area contributed by atoms with E-state index in [0.717, 1.165) is 23.4 Å². The van der Waals surface area contributed by atoms with Crippen molar-refractivity contribution in [1.82, 2.24) is 15.4 Å².